The highest BCUT2D eigenvalue weighted by molar-refractivity contribution is 9.10. The fourth-order valence-corrected chi connectivity index (χ4v) is 12.2. The molecule has 107 heavy (non-hydrogen) atoms. The summed E-state index contributed by atoms with van der Waals surface area (Å²) in [6.07, 6.45) is 9.77. The van der Waals surface area contributed by atoms with E-state index in [1.165, 1.54) is 24.5 Å². The van der Waals surface area contributed by atoms with Crippen molar-refractivity contribution in [3.63, 3.8) is 0 Å². The van der Waals surface area contributed by atoms with Crippen LogP contribution in [0.3, 0.4) is 0 Å². The summed E-state index contributed by atoms with van der Waals surface area (Å²) >= 11 is 12.8. The normalized spacial score (nSPS) is 13.1. The predicted octanol–water partition coefficient (Wildman–Crippen LogP) is 15.3. The molecule has 0 amide bonds. The SMILES string of the molecule is CC(C)n1cc(B2OC(C)(C)C(C)(C)O2)ccc1=O.CC(C)n1cc(Br)ccc1=O.O=c1ccc(Br)c[nH]1.[C-]#[N+]c1cnc(N)nc1N[C@@H](C)c1cc2cccc(-c3ccc(=O)n(C(C)C)c3)c2c(=O)n1-c1ccccc1.[C-]#[N+]c1cnc(N)nc1N[C@@H](C)c1cc2cccc(Cl)c2c(=O)n1-c1ccccc1. The smallest absolute Gasteiger partial charge is 0.399 e. The van der Waals surface area contributed by atoms with Gasteiger partial charge in [0.15, 0.2) is 0 Å². The molecule has 2 atom stereocenters. The largest absolute Gasteiger partial charge is 0.496 e. The summed E-state index contributed by atoms with van der Waals surface area (Å²) in [6, 6.07) is 46.3. The van der Waals surface area contributed by atoms with Crippen LogP contribution in [0.1, 0.15) is 125 Å². The fraction of sp³-hybridized carbons (Fsp3) is 0.241. The van der Waals surface area contributed by atoms with Crippen LogP contribution in [0.5, 0.6) is 0 Å². The highest BCUT2D eigenvalue weighted by Crippen LogP contribution is 2.37. The van der Waals surface area contributed by atoms with Crippen molar-refractivity contribution >= 4 is 112 Å². The van der Waals surface area contributed by atoms with Gasteiger partial charge in [-0.25, -0.2) is 29.6 Å². The van der Waals surface area contributed by atoms with Crippen molar-refractivity contribution in [2.75, 3.05) is 22.1 Å². The van der Waals surface area contributed by atoms with E-state index in [2.05, 4.69) is 77.1 Å². The molecule has 24 nitrogen and oxygen atoms in total. The number of aromatic amines is 1. The summed E-state index contributed by atoms with van der Waals surface area (Å²) in [5.74, 6) is 0.705. The molecule has 12 aromatic rings. The monoisotopic (exact) mass is 1580 g/mol. The summed E-state index contributed by atoms with van der Waals surface area (Å²) in [6.45, 7) is 38.5. The van der Waals surface area contributed by atoms with E-state index in [4.69, 9.17) is 45.5 Å². The summed E-state index contributed by atoms with van der Waals surface area (Å²) in [4.78, 5) is 99.0. The van der Waals surface area contributed by atoms with Gasteiger partial charge >= 0.3 is 7.12 Å². The Hall–Kier alpha value is -11.3. The van der Waals surface area contributed by atoms with Crippen molar-refractivity contribution in [2.24, 2.45) is 0 Å². The molecule has 9 heterocycles. The molecule has 7 N–H and O–H groups in total. The van der Waals surface area contributed by atoms with E-state index in [1.54, 1.807) is 90.0 Å². The maximum atomic E-state index is 14.3. The number of fused-ring (bicyclic) bond motifs is 2. The molecule has 0 spiro atoms. The number of nitrogens with one attached hydrogen (secondary N) is 3. The molecule has 0 unspecified atom stereocenters. The molecule has 1 fully saturated rings. The fourth-order valence-electron chi connectivity index (χ4n) is 11.4. The van der Waals surface area contributed by atoms with E-state index in [0.717, 1.165) is 36.3 Å². The lowest BCUT2D eigenvalue weighted by Gasteiger charge is -2.32. The van der Waals surface area contributed by atoms with E-state index in [0.29, 0.717) is 50.2 Å². The van der Waals surface area contributed by atoms with Crippen LogP contribution < -0.4 is 60.9 Å². The topological polar surface area (TPSA) is 298 Å². The van der Waals surface area contributed by atoms with Gasteiger partial charge in [0.1, 0.15) is 11.6 Å². The number of nitrogens with two attached hydrogens (primary N) is 2. The molecule has 1 saturated heterocycles. The van der Waals surface area contributed by atoms with Crippen LogP contribution in [-0.4, -0.2) is 66.1 Å². The minimum absolute atomic E-state index is 0.00438. The van der Waals surface area contributed by atoms with Gasteiger partial charge in [0.2, 0.25) is 28.8 Å². The zero-order valence-corrected chi connectivity index (χ0v) is 64.8. The van der Waals surface area contributed by atoms with Crippen LogP contribution in [0.4, 0.5) is 34.9 Å². The van der Waals surface area contributed by atoms with Gasteiger partial charge in [0, 0.05) is 111 Å². The highest BCUT2D eigenvalue weighted by Gasteiger charge is 2.52. The molecule has 28 heteroatoms. The Morgan fingerprint density at radius 2 is 0.972 bits per heavy atom. The first kappa shape index (κ1) is 79.8. The Kier molecular flexibility index (Phi) is 25.9. The van der Waals surface area contributed by atoms with Gasteiger partial charge in [0.05, 0.1) is 52.2 Å². The van der Waals surface area contributed by atoms with Crippen molar-refractivity contribution in [3.05, 3.63) is 305 Å². The number of nitrogen functional groups attached to an aromatic ring is 2. The first-order chi connectivity index (χ1) is 50.8. The molecule has 0 bridgehead atoms. The van der Waals surface area contributed by atoms with E-state index in [9.17, 15) is 28.8 Å². The maximum Gasteiger partial charge on any atom is 0.496 e. The first-order valence-electron chi connectivity index (χ1n) is 34.0. The van der Waals surface area contributed by atoms with Gasteiger partial charge in [-0.3, -0.25) is 37.9 Å². The molecule has 8 aromatic heterocycles. The number of halogens is 3. The second kappa shape index (κ2) is 34.7. The number of hydrogen-bond donors (Lipinski definition) is 5. The van der Waals surface area contributed by atoms with E-state index < -0.39 is 13.2 Å². The molecule has 1 aliphatic rings. The number of para-hydroxylation sites is 2. The number of anilines is 4. The zero-order chi connectivity index (χ0) is 77.8. The van der Waals surface area contributed by atoms with Gasteiger partial charge in [-0.1, -0.05) is 84.4 Å². The second-order valence-electron chi connectivity index (χ2n) is 26.6. The molecule has 0 aliphatic carbocycles. The van der Waals surface area contributed by atoms with E-state index in [1.807, 2.05) is 186 Å². The molecule has 4 aromatic carbocycles. The van der Waals surface area contributed by atoms with E-state index in [-0.39, 0.29) is 92.0 Å². The van der Waals surface area contributed by atoms with Crippen molar-refractivity contribution in [2.45, 2.75) is 124 Å². The molecule has 0 radical (unpaired) electrons. The summed E-state index contributed by atoms with van der Waals surface area (Å²) in [7, 11) is -0.421. The molecular formula is C79H80BBr2ClN16O8. The summed E-state index contributed by atoms with van der Waals surface area (Å²) < 4.78 is 22.1. The van der Waals surface area contributed by atoms with Crippen LogP contribution in [0.2, 0.25) is 5.02 Å². The first-order valence-corrected chi connectivity index (χ1v) is 36.0. The minimum Gasteiger partial charge on any atom is -0.399 e. The Labute approximate surface area is 639 Å². The van der Waals surface area contributed by atoms with Gasteiger partial charge in [-0.15, -0.1) is 0 Å². The quantitative estimate of drug-likeness (QED) is 0.0529. The Morgan fingerprint density at radius 3 is 1.43 bits per heavy atom. The Morgan fingerprint density at radius 1 is 0.533 bits per heavy atom. The predicted molar refractivity (Wildman–Crippen MR) is 434 cm³/mol. The molecule has 13 rings (SSSR count). The third-order valence-corrected chi connectivity index (χ3v) is 18.9. The molecular weight excluding hydrogens is 1510 g/mol. The van der Waals surface area contributed by atoms with Gasteiger partial charge < -0.3 is 50.1 Å². The number of hydrogen-bond acceptors (Lipinski definition) is 16. The van der Waals surface area contributed by atoms with Gasteiger partial charge in [-0.05, 0) is 203 Å². The lowest BCUT2D eigenvalue weighted by Crippen LogP contribution is -2.41. The van der Waals surface area contributed by atoms with Gasteiger partial charge in [0.25, 0.3) is 27.8 Å². The van der Waals surface area contributed by atoms with Crippen molar-refractivity contribution in [1.82, 2.24) is 47.8 Å². The number of H-pyrrole nitrogens is 1. The third kappa shape index (κ3) is 19.0. The number of aromatic nitrogens is 10. The standard InChI is InChI=1S/C30H27N7O2.C22H17ClN6O.C14H22BNO3.C8H10BrNO.C5H4BrNO/c1-18(2)36-17-21(13-14-26(36)38)23-12-8-9-20-15-25(19(3)34-28-24(32-4)16-33-30(31)35-28)37(29(39)27(20)23)22-10-6-5-7-11-22;1-13(27-20-17(25-2)12-26-22(24)28-20)18-11-14-7-6-10-16(23)19(14)21(30)29(18)15-8-4-3-5-9-15;1-10(2)16-9-11(7-8-12(16)17)15-18-13(3,4)14(5,6)19-15;1-6(2)10-5-7(9)3-4-8(10)11;6-4-1-2-5(8)7-3-4/h5-19H,1-3H3,(H3,31,33,34,35);3-13H,1H3,(H3,24,26,27,28);7-10H,1-6H3;3-6H,1-2H3;1-3H,(H,7,8)/t19-;13-;;;/m00.../s1. The van der Waals surface area contributed by atoms with Crippen LogP contribution in [-0.2, 0) is 9.31 Å². The lowest BCUT2D eigenvalue weighted by atomic mass is 9.80. The van der Waals surface area contributed by atoms with Crippen LogP contribution in [0.15, 0.2) is 233 Å². The summed E-state index contributed by atoms with van der Waals surface area (Å²) in [5.41, 5.74) is 15.8. The van der Waals surface area contributed by atoms with Crippen molar-refractivity contribution in [3.8, 4) is 22.5 Å². The van der Waals surface area contributed by atoms with Crippen LogP contribution in [0.25, 0.3) is 53.7 Å². The molecule has 0 saturated carbocycles. The molecule has 548 valence electrons. The van der Waals surface area contributed by atoms with Crippen LogP contribution in [0, 0.1) is 13.1 Å². The second-order valence-corrected chi connectivity index (χ2v) is 28.9. The van der Waals surface area contributed by atoms with E-state index >= 15 is 0 Å². The van der Waals surface area contributed by atoms with Crippen LogP contribution >= 0.6 is 43.5 Å². The van der Waals surface area contributed by atoms with Crippen molar-refractivity contribution < 1.29 is 9.31 Å². The minimum atomic E-state index is -0.427. The number of nitrogens with zero attached hydrogens (tertiary/aromatic N) is 11. The maximum absolute atomic E-state index is 14.3. The highest BCUT2D eigenvalue weighted by atomic mass is 79.9. The number of benzene rings is 4. The average molecular weight is 1590 g/mol. The summed E-state index contributed by atoms with van der Waals surface area (Å²) in [5, 5.41) is 9.32. The average Bonchev–Trinajstić information content (AvgIpc) is 1.47. The number of pyridine rings is 6. The Balaban J connectivity index is 0.000000171. The molecule has 1 aliphatic heterocycles. The lowest BCUT2D eigenvalue weighted by molar-refractivity contribution is 0.00578. The van der Waals surface area contributed by atoms with Gasteiger partial charge in [-0.2, -0.15) is 0 Å². The Bertz CT molecular complexity index is 5660. The van der Waals surface area contributed by atoms with Crippen molar-refractivity contribution in [1.29, 1.82) is 0 Å². The number of rotatable bonds is 13. The third-order valence-electron chi connectivity index (χ3n) is 17.6. The zero-order valence-electron chi connectivity index (χ0n) is 60.9.